The molecule has 0 atom stereocenters. The number of anilines is 1. The number of rotatable bonds is 8. The van der Waals surface area contributed by atoms with Crippen LogP contribution >= 0.6 is 0 Å². The Kier molecular flexibility index (Phi) is 7.05. The van der Waals surface area contributed by atoms with Gasteiger partial charge in [-0.05, 0) is 12.1 Å². The van der Waals surface area contributed by atoms with E-state index in [9.17, 15) is 19.2 Å². The molecule has 9 nitrogen and oxygen atoms in total. The molecule has 0 saturated heterocycles. The van der Waals surface area contributed by atoms with Crippen molar-refractivity contribution in [2.24, 2.45) is 0 Å². The minimum Gasteiger partial charge on any atom is -0.482 e. The highest BCUT2D eigenvalue weighted by atomic mass is 16.5. The Morgan fingerprint density at radius 3 is 2.43 bits per heavy atom. The van der Waals surface area contributed by atoms with Crippen LogP contribution in [0.4, 0.5) is 5.69 Å². The fraction of sp³-hybridized carbons (Fsp3) is 0.286. The molecule has 124 valence electrons. The molecule has 0 aliphatic heterocycles. The summed E-state index contributed by atoms with van der Waals surface area (Å²) in [5.41, 5.74) is 0.397. The van der Waals surface area contributed by atoms with Crippen LogP contribution in [0.5, 0.6) is 5.75 Å². The van der Waals surface area contributed by atoms with Gasteiger partial charge in [0.1, 0.15) is 5.75 Å². The monoisotopic (exact) mass is 323 g/mol. The average molecular weight is 323 g/mol. The molecule has 0 unspecified atom stereocenters. The molecule has 0 aliphatic carbocycles. The van der Waals surface area contributed by atoms with Gasteiger partial charge < -0.3 is 25.8 Å². The fourth-order valence-corrected chi connectivity index (χ4v) is 1.46. The first-order valence-electron chi connectivity index (χ1n) is 6.62. The van der Waals surface area contributed by atoms with E-state index in [1.807, 2.05) is 0 Å². The number of amides is 3. The second-order valence-electron chi connectivity index (χ2n) is 4.44. The summed E-state index contributed by atoms with van der Waals surface area (Å²) in [5.74, 6) is -2.13. The van der Waals surface area contributed by atoms with Crippen molar-refractivity contribution in [3.63, 3.8) is 0 Å². The molecular weight excluding hydrogens is 306 g/mol. The van der Waals surface area contributed by atoms with Gasteiger partial charge in [0.2, 0.25) is 17.7 Å². The van der Waals surface area contributed by atoms with Crippen molar-refractivity contribution in [1.82, 2.24) is 10.6 Å². The number of carboxylic acid groups (broad SMARTS) is 1. The summed E-state index contributed by atoms with van der Waals surface area (Å²) in [7, 11) is 0. The lowest BCUT2D eigenvalue weighted by Crippen LogP contribution is -2.39. The van der Waals surface area contributed by atoms with Crippen LogP contribution in [-0.2, 0) is 19.2 Å². The molecule has 0 heterocycles. The molecule has 9 heteroatoms. The highest BCUT2D eigenvalue weighted by Gasteiger charge is 2.07. The maximum Gasteiger partial charge on any atom is 0.341 e. The van der Waals surface area contributed by atoms with E-state index >= 15 is 0 Å². The van der Waals surface area contributed by atoms with Crippen LogP contribution in [0, 0.1) is 0 Å². The van der Waals surface area contributed by atoms with E-state index in [0.29, 0.717) is 11.4 Å². The fourth-order valence-electron chi connectivity index (χ4n) is 1.46. The zero-order chi connectivity index (χ0) is 17.2. The van der Waals surface area contributed by atoms with Gasteiger partial charge in [-0.2, -0.15) is 0 Å². The van der Waals surface area contributed by atoms with Gasteiger partial charge in [0, 0.05) is 18.7 Å². The van der Waals surface area contributed by atoms with Crippen molar-refractivity contribution in [2.45, 2.75) is 6.92 Å². The molecule has 0 aliphatic rings. The van der Waals surface area contributed by atoms with Crippen LogP contribution in [0.2, 0.25) is 0 Å². The molecule has 0 fully saturated rings. The number of aliphatic carboxylic acids is 1. The van der Waals surface area contributed by atoms with Gasteiger partial charge in [0.25, 0.3) is 0 Å². The number of carbonyl (C=O) groups excluding carboxylic acids is 3. The van der Waals surface area contributed by atoms with E-state index < -0.39 is 24.4 Å². The van der Waals surface area contributed by atoms with E-state index in [4.69, 9.17) is 9.84 Å². The van der Waals surface area contributed by atoms with Crippen LogP contribution in [0.25, 0.3) is 0 Å². The zero-order valence-corrected chi connectivity index (χ0v) is 12.4. The highest BCUT2D eigenvalue weighted by molar-refractivity contribution is 5.95. The minimum absolute atomic E-state index is 0.207. The number of nitrogens with one attached hydrogen (secondary N) is 3. The van der Waals surface area contributed by atoms with E-state index in [0.717, 1.165) is 0 Å². The number of hydrogen-bond donors (Lipinski definition) is 4. The molecule has 3 amide bonds. The normalized spacial score (nSPS) is 9.61. The van der Waals surface area contributed by atoms with Crippen molar-refractivity contribution < 1.29 is 29.0 Å². The lowest BCUT2D eigenvalue weighted by molar-refractivity contribution is -0.139. The predicted octanol–water partition coefficient (Wildman–Crippen LogP) is -0.659. The Hall–Kier alpha value is -3.10. The van der Waals surface area contributed by atoms with Crippen molar-refractivity contribution in [1.29, 1.82) is 0 Å². The third-order valence-electron chi connectivity index (χ3n) is 2.42. The van der Waals surface area contributed by atoms with E-state index in [2.05, 4.69) is 16.0 Å². The molecule has 23 heavy (non-hydrogen) atoms. The van der Waals surface area contributed by atoms with Crippen LogP contribution in [0.1, 0.15) is 6.92 Å². The Morgan fingerprint density at radius 2 is 1.78 bits per heavy atom. The van der Waals surface area contributed by atoms with Gasteiger partial charge in [-0.15, -0.1) is 0 Å². The molecule has 0 spiro atoms. The summed E-state index contributed by atoms with van der Waals surface area (Å²) in [6.45, 7) is 0.315. The standard InChI is InChI=1S/C14H17N3O6/c1-9(18)15-6-12(19)16-7-13(20)17-10-3-2-4-11(5-10)23-8-14(21)22/h2-5H,6-8H2,1H3,(H,15,18)(H,16,19)(H,17,20)(H,21,22). The Bertz CT molecular complexity index is 602. The molecule has 0 saturated carbocycles. The minimum atomic E-state index is -1.11. The summed E-state index contributed by atoms with van der Waals surface area (Å²) in [4.78, 5) is 44.1. The third kappa shape index (κ3) is 8.05. The molecule has 1 aromatic rings. The second kappa shape index (κ2) is 9.03. The predicted molar refractivity (Wildman–Crippen MR) is 79.9 cm³/mol. The number of benzene rings is 1. The number of carbonyl (C=O) groups is 4. The van der Waals surface area contributed by atoms with Crippen molar-refractivity contribution >= 4 is 29.4 Å². The maximum absolute atomic E-state index is 11.7. The van der Waals surface area contributed by atoms with E-state index in [-0.39, 0.29) is 19.0 Å². The van der Waals surface area contributed by atoms with Crippen LogP contribution in [0.3, 0.4) is 0 Å². The lowest BCUT2D eigenvalue weighted by Gasteiger charge is -2.09. The number of carboxylic acids is 1. The van der Waals surface area contributed by atoms with Crippen molar-refractivity contribution in [3.05, 3.63) is 24.3 Å². The molecular formula is C14H17N3O6. The number of ether oxygens (including phenoxy) is 1. The largest absolute Gasteiger partial charge is 0.482 e. The summed E-state index contributed by atoms with van der Waals surface area (Å²) in [6.07, 6.45) is 0. The molecule has 1 aromatic carbocycles. The highest BCUT2D eigenvalue weighted by Crippen LogP contribution is 2.17. The summed E-state index contributed by atoms with van der Waals surface area (Å²) in [6, 6.07) is 6.18. The average Bonchev–Trinajstić information content (AvgIpc) is 2.49. The number of hydrogen-bond acceptors (Lipinski definition) is 5. The van der Waals surface area contributed by atoms with Gasteiger partial charge in [-0.1, -0.05) is 6.07 Å². The quantitative estimate of drug-likeness (QED) is 0.502. The Balaban J connectivity index is 2.41. The summed E-state index contributed by atoms with van der Waals surface area (Å²) in [5, 5.41) is 15.7. The van der Waals surface area contributed by atoms with Gasteiger partial charge in [0.15, 0.2) is 6.61 Å². The Morgan fingerprint density at radius 1 is 1.09 bits per heavy atom. The van der Waals surface area contributed by atoms with E-state index in [1.54, 1.807) is 18.2 Å². The van der Waals surface area contributed by atoms with Crippen LogP contribution < -0.4 is 20.7 Å². The third-order valence-corrected chi connectivity index (χ3v) is 2.42. The molecule has 0 aromatic heterocycles. The molecule has 0 radical (unpaired) electrons. The first-order chi connectivity index (χ1) is 10.9. The van der Waals surface area contributed by atoms with Gasteiger partial charge in [0.05, 0.1) is 13.1 Å². The van der Waals surface area contributed by atoms with Crippen molar-refractivity contribution in [2.75, 3.05) is 25.0 Å². The smallest absolute Gasteiger partial charge is 0.341 e. The topological polar surface area (TPSA) is 134 Å². The summed E-state index contributed by atoms with van der Waals surface area (Å²) >= 11 is 0. The zero-order valence-electron chi connectivity index (χ0n) is 12.4. The molecule has 1 rings (SSSR count). The van der Waals surface area contributed by atoms with Gasteiger partial charge in [-0.25, -0.2) is 4.79 Å². The molecule has 0 bridgehead atoms. The van der Waals surface area contributed by atoms with Gasteiger partial charge >= 0.3 is 5.97 Å². The van der Waals surface area contributed by atoms with E-state index in [1.165, 1.54) is 13.0 Å². The molecule has 4 N–H and O–H groups in total. The maximum atomic E-state index is 11.7. The van der Waals surface area contributed by atoms with Crippen molar-refractivity contribution in [3.8, 4) is 5.75 Å². The van der Waals surface area contributed by atoms with Crippen LogP contribution in [0.15, 0.2) is 24.3 Å². The van der Waals surface area contributed by atoms with Gasteiger partial charge in [-0.3, -0.25) is 14.4 Å². The SMILES string of the molecule is CC(=O)NCC(=O)NCC(=O)Nc1cccc(OCC(=O)O)c1. The Labute approximate surface area is 132 Å². The first kappa shape index (κ1) is 18.0. The first-order valence-corrected chi connectivity index (χ1v) is 6.62. The second-order valence-corrected chi connectivity index (χ2v) is 4.44. The lowest BCUT2D eigenvalue weighted by atomic mass is 10.3. The van der Waals surface area contributed by atoms with Crippen LogP contribution in [-0.4, -0.2) is 48.5 Å². The summed E-state index contributed by atoms with van der Waals surface area (Å²) < 4.78 is 4.98.